The fourth-order valence-electron chi connectivity index (χ4n) is 0.321. The zero-order valence-corrected chi connectivity index (χ0v) is 12.0. The van der Waals surface area contributed by atoms with Gasteiger partial charge in [0.1, 0.15) is 0 Å². The fourth-order valence-corrected chi connectivity index (χ4v) is 0.321. The van der Waals surface area contributed by atoms with E-state index in [0.717, 1.165) is 0 Å². The van der Waals surface area contributed by atoms with E-state index in [1.807, 2.05) is 30.3 Å². The van der Waals surface area contributed by atoms with Gasteiger partial charge in [-0.2, -0.15) is 18.2 Å². The summed E-state index contributed by atoms with van der Waals surface area (Å²) >= 11 is 0. The van der Waals surface area contributed by atoms with Crippen LogP contribution in [0.1, 0.15) is 0 Å². The van der Waals surface area contributed by atoms with Gasteiger partial charge in [-0.25, -0.2) is 12.1 Å². The van der Waals surface area contributed by atoms with Gasteiger partial charge < -0.3 is 37.1 Å². The molecule has 0 nitrogen and oxygen atoms in total. The zero-order chi connectivity index (χ0) is 3.54. The number of hydrogen-bond acceptors (Lipinski definition) is 0. The molecular weight excluding hydrogens is 243 g/mol. The molecular formula is C10H22Cl2Cr. The van der Waals surface area contributed by atoms with Crippen LogP contribution in [0.3, 0.4) is 0 Å². The summed E-state index contributed by atoms with van der Waals surface area (Å²) < 4.78 is 0. The van der Waals surface area contributed by atoms with Gasteiger partial charge in [-0.1, -0.05) is 0 Å². The summed E-state index contributed by atoms with van der Waals surface area (Å²) in [5, 5.41) is 0. The normalized spacial score (nSPS) is 3.08. The number of rotatable bonds is 0. The maximum Gasteiger partial charge on any atom is 6.00 e. The van der Waals surface area contributed by atoms with Crippen molar-refractivity contribution in [1.29, 1.82) is 0 Å². The molecule has 0 heterocycles. The fraction of sp³-hybridized carbons (Fsp3) is 0. The zero-order valence-electron chi connectivity index (χ0n) is 9.11. The van der Waals surface area contributed by atoms with E-state index in [4.69, 9.17) is 0 Å². The van der Waals surface area contributed by atoms with Crippen molar-refractivity contribution in [1.82, 2.24) is 0 Å². The standard InChI is InChI=1S/C5H5.5CH3.2ClH.Cr/c1-2-4-5-3-1;;;;;;;;/h1-5H;5*1H3;2*1H;/q6*-1;;;+6. The SMILES string of the molecule is Cl.Cl.[CH3-].[CH3-].[CH3-].[CH3-].[CH3-].[Cr+6].c1cc[cH-]c1. The van der Waals surface area contributed by atoms with Gasteiger partial charge in [-0.3, -0.25) is 0 Å². The summed E-state index contributed by atoms with van der Waals surface area (Å²) in [5.41, 5.74) is 0. The quantitative estimate of drug-likeness (QED) is 0.606. The summed E-state index contributed by atoms with van der Waals surface area (Å²) in [7, 11) is 0. The van der Waals surface area contributed by atoms with Crippen LogP contribution < -0.4 is 0 Å². The molecule has 0 unspecified atom stereocenters. The molecule has 0 saturated heterocycles. The molecule has 13 heavy (non-hydrogen) atoms. The molecule has 0 aliphatic heterocycles. The largest absolute Gasteiger partial charge is 6.00 e. The van der Waals surface area contributed by atoms with Gasteiger partial charge in [0.25, 0.3) is 0 Å². The third-order valence-electron chi connectivity index (χ3n) is 0.556. The van der Waals surface area contributed by atoms with Crippen LogP contribution in [0.15, 0.2) is 30.3 Å². The maximum atomic E-state index is 2.00. The van der Waals surface area contributed by atoms with Crippen LogP contribution in [0.2, 0.25) is 0 Å². The summed E-state index contributed by atoms with van der Waals surface area (Å²) in [4.78, 5) is 0. The average molecular weight is 265 g/mol. The molecule has 0 amide bonds. The van der Waals surface area contributed by atoms with Crippen LogP contribution in [-0.2, 0) is 17.4 Å². The van der Waals surface area contributed by atoms with Crippen molar-refractivity contribution in [3.8, 4) is 0 Å². The summed E-state index contributed by atoms with van der Waals surface area (Å²) in [6, 6.07) is 10.0. The average Bonchev–Trinajstić information content (AvgIpc) is 1.76. The summed E-state index contributed by atoms with van der Waals surface area (Å²) in [6.45, 7) is 0. The molecule has 0 bridgehead atoms. The van der Waals surface area contributed by atoms with Crippen molar-refractivity contribution in [2.45, 2.75) is 0 Å². The van der Waals surface area contributed by atoms with Crippen LogP contribution in [0, 0.1) is 37.1 Å². The predicted octanol–water partition coefficient (Wildman–Crippen LogP) is 4.50. The minimum Gasteiger partial charge on any atom is -0.358 e. The maximum absolute atomic E-state index is 2.00. The van der Waals surface area contributed by atoms with Crippen LogP contribution in [0.5, 0.6) is 0 Å². The third kappa shape index (κ3) is 45.7. The smallest absolute Gasteiger partial charge is 0.358 e. The molecule has 0 radical (unpaired) electrons. The molecule has 1 aromatic rings. The first kappa shape index (κ1) is 70.1. The molecule has 0 aliphatic carbocycles. The minimum absolute atomic E-state index is 0. The summed E-state index contributed by atoms with van der Waals surface area (Å²) in [5.74, 6) is 0. The number of halogens is 2. The predicted molar refractivity (Wildman–Crippen MR) is 68.6 cm³/mol. The van der Waals surface area contributed by atoms with E-state index in [0.29, 0.717) is 0 Å². The Kier molecular flexibility index (Phi) is 296. The van der Waals surface area contributed by atoms with Gasteiger partial charge in [0.05, 0.1) is 0 Å². The molecule has 82 valence electrons. The van der Waals surface area contributed by atoms with Crippen molar-refractivity contribution in [2.24, 2.45) is 0 Å². The van der Waals surface area contributed by atoms with Gasteiger partial charge in [-0.05, 0) is 0 Å². The topological polar surface area (TPSA) is 0 Å². The van der Waals surface area contributed by atoms with Gasteiger partial charge >= 0.3 is 17.4 Å². The summed E-state index contributed by atoms with van der Waals surface area (Å²) in [6.07, 6.45) is 0. The molecule has 0 aliphatic rings. The van der Waals surface area contributed by atoms with E-state index >= 15 is 0 Å². The molecule has 0 aromatic heterocycles. The molecule has 1 rings (SSSR count). The van der Waals surface area contributed by atoms with Crippen molar-refractivity contribution >= 4 is 24.8 Å². The Balaban J connectivity index is -0.00000000521. The Labute approximate surface area is 109 Å². The van der Waals surface area contributed by atoms with Crippen LogP contribution >= 0.6 is 24.8 Å². The van der Waals surface area contributed by atoms with Gasteiger partial charge in [0.15, 0.2) is 0 Å². The van der Waals surface area contributed by atoms with E-state index < -0.39 is 0 Å². The second-order valence-corrected chi connectivity index (χ2v) is 0.962. The van der Waals surface area contributed by atoms with Gasteiger partial charge in [0, 0.05) is 0 Å². The van der Waals surface area contributed by atoms with Crippen LogP contribution in [0.4, 0.5) is 0 Å². The first-order chi connectivity index (χ1) is 2.50. The van der Waals surface area contributed by atoms with E-state index in [9.17, 15) is 0 Å². The monoisotopic (exact) mass is 264 g/mol. The Bertz CT molecular complexity index is 69.4. The van der Waals surface area contributed by atoms with Crippen molar-refractivity contribution in [2.75, 3.05) is 0 Å². The van der Waals surface area contributed by atoms with E-state index in [2.05, 4.69) is 0 Å². The number of hydrogen-bond donors (Lipinski definition) is 0. The molecule has 0 saturated carbocycles. The second-order valence-electron chi connectivity index (χ2n) is 0.962. The Morgan fingerprint density at radius 2 is 0.846 bits per heavy atom. The molecule has 0 fully saturated rings. The molecule has 0 spiro atoms. The minimum atomic E-state index is 0. The van der Waals surface area contributed by atoms with Crippen molar-refractivity contribution in [3.05, 3.63) is 67.5 Å². The first-order valence-corrected chi connectivity index (χ1v) is 1.67. The van der Waals surface area contributed by atoms with E-state index in [-0.39, 0.29) is 79.3 Å². The van der Waals surface area contributed by atoms with Crippen LogP contribution in [0.25, 0.3) is 0 Å². The van der Waals surface area contributed by atoms with Gasteiger partial charge in [0.2, 0.25) is 0 Å². The Morgan fingerprint density at radius 3 is 0.923 bits per heavy atom. The Hall–Kier alpha value is 0.462. The van der Waals surface area contributed by atoms with Crippen LogP contribution in [-0.4, -0.2) is 0 Å². The van der Waals surface area contributed by atoms with Gasteiger partial charge in [-0.15, -0.1) is 24.8 Å². The third-order valence-corrected chi connectivity index (χ3v) is 0.556. The molecule has 0 atom stereocenters. The van der Waals surface area contributed by atoms with Crippen molar-refractivity contribution < 1.29 is 17.4 Å². The molecule has 3 heteroatoms. The molecule has 1 aromatic carbocycles. The van der Waals surface area contributed by atoms with Crippen molar-refractivity contribution in [3.63, 3.8) is 0 Å². The second kappa shape index (κ2) is 54.9. The first-order valence-electron chi connectivity index (χ1n) is 1.67. The molecule has 0 N–H and O–H groups in total. The van der Waals surface area contributed by atoms with E-state index in [1.165, 1.54) is 0 Å². The Morgan fingerprint density at radius 1 is 0.615 bits per heavy atom. The van der Waals surface area contributed by atoms with E-state index in [1.54, 1.807) is 0 Å².